The van der Waals surface area contributed by atoms with Gasteiger partial charge in [-0.15, -0.1) is 24.8 Å². The first kappa shape index (κ1) is 29.3. The SMILES string of the molecule is CC1=[C]([Zr]([CH3])([CH3])(=[SiH2])[C]2=C(C)C(c3cccc(C)c3)=CC2C)C(C)C=C1c1cccc(C)c1.Cl.Cl. The molecular weight excluding hydrogens is 551 g/mol. The predicted molar refractivity (Wildman–Crippen MR) is 157 cm³/mol. The van der Waals surface area contributed by atoms with Gasteiger partial charge >= 0.3 is 199 Å². The molecule has 2 aromatic rings. The van der Waals surface area contributed by atoms with Gasteiger partial charge in [0.15, 0.2) is 0 Å². The Morgan fingerprint density at radius 3 is 1.32 bits per heavy atom. The van der Waals surface area contributed by atoms with Crippen LogP contribution >= 0.6 is 24.8 Å². The largest absolute Gasteiger partial charge is 0.147 e. The van der Waals surface area contributed by atoms with Crippen molar-refractivity contribution in [1.82, 2.24) is 0 Å². The summed E-state index contributed by atoms with van der Waals surface area (Å²) >= 11 is -3.40. The van der Waals surface area contributed by atoms with E-state index in [2.05, 4.69) is 118 Å². The number of halogens is 2. The maximum atomic E-state index is 2.69. The molecule has 0 aromatic heterocycles. The molecular formula is C30H40Cl2SiZr. The summed E-state index contributed by atoms with van der Waals surface area (Å²) < 4.78 is 8.93. The monoisotopic (exact) mass is 588 g/mol. The van der Waals surface area contributed by atoms with Gasteiger partial charge in [-0.3, -0.25) is 0 Å². The fraction of sp³-hybridized carbons (Fsp3) is 0.333. The molecule has 4 rings (SSSR count). The quantitative estimate of drug-likeness (QED) is 0.312. The van der Waals surface area contributed by atoms with Crippen LogP contribution in [-0.4, -0.2) is 6.88 Å². The van der Waals surface area contributed by atoms with Crippen LogP contribution in [0.4, 0.5) is 0 Å². The van der Waals surface area contributed by atoms with E-state index in [1.165, 1.54) is 33.4 Å². The van der Waals surface area contributed by atoms with Crippen molar-refractivity contribution in [3.63, 3.8) is 0 Å². The fourth-order valence-corrected chi connectivity index (χ4v) is 28.8. The summed E-state index contributed by atoms with van der Waals surface area (Å²) in [7, 11) is 0. The zero-order valence-corrected chi connectivity index (χ0v) is 27.5. The van der Waals surface area contributed by atoms with Crippen molar-refractivity contribution >= 4 is 42.8 Å². The summed E-state index contributed by atoms with van der Waals surface area (Å²) in [5, 5.41) is 0. The molecule has 4 heteroatoms. The Bertz CT molecular complexity index is 1220. The Hall–Kier alpha value is -0.920. The topological polar surface area (TPSA) is 0 Å². The van der Waals surface area contributed by atoms with E-state index in [-0.39, 0.29) is 24.8 Å². The van der Waals surface area contributed by atoms with E-state index < -0.39 is 17.4 Å². The third-order valence-electron chi connectivity index (χ3n) is 7.75. The van der Waals surface area contributed by atoms with Crippen molar-refractivity contribution < 1.29 is 17.4 Å². The second-order valence-electron chi connectivity index (χ2n) is 11.2. The minimum absolute atomic E-state index is 0. The van der Waals surface area contributed by atoms with E-state index in [1.807, 2.05) is 0 Å². The van der Waals surface area contributed by atoms with Crippen molar-refractivity contribution in [2.45, 2.75) is 50.8 Å². The van der Waals surface area contributed by atoms with E-state index in [0.717, 1.165) is 0 Å². The normalized spacial score (nSPS) is 20.6. The molecule has 0 bridgehead atoms. The second-order valence-corrected chi connectivity index (χ2v) is 39.6. The van der Waals surface area contributed by atoms with Gasteiger partial charge in [-0.05, 0) is 0 Å². The molecule has 34 heavy (non-hydrogen) atoms. The minimum atomic E-state index is -3.40. The van der Waals surface area contributed by atoms with Crippen molar-refractivity contribution in [1.29, 1.82) is 0 Å². The summed E-state index contributed by atoms with van der Waals surface area (Å²) in [6.45, 7) is 16.4. The molecule has 2 unspecified atom stereocenters. The molecule has 0 spiro atoms. The van der Waals surface area contributed by atoms with Crippen LogP contribution in [0.5, 0.6) is 0 Å². The molecule has 2 aliphatic carbocycles. The van der Waals surface area contributed by atoms with E-state index in [4.69, 9.17) is 0 Å². The molecule has 0 heterocycles. The number of hydrogen-bond donors (Lipinski definition) is 0. The van der Waals surface area contributed by atoms with Crippen LogP contribution in [0.1, 0.15) is 49.9 Å². The van der Waals surface area contributed by atoms with Crippen LogP contribution < -0.4 is 0 Å². The number of hydrogen-bond acceptors (Lipinski definition) is 0. The Morgan fingerprint density at radius 1 is 0.647 bits per heavy atom. The Labute approximate surface area is 222 Å². The third kappa shape index (κ3) is 4.99. The molecule has 0 fully saturated rings. The third-order valence-corrected chi connectivity index (χ3v) is 24.8. The van der Waals surface area contributed by atoms with Gasteiger partial charge in [0.05, 0.1) is 0 Å². The first-order valence-corrected chi connectivity index (χ1v) is 25.3. The Morgan fingerprint density at radius 2 is 1.00 bits per heavy atom. The molecule has 2 atom stereocenters. The molecule has 0 amide bonds. The number of benzene rings is 2. The predicted octanol–water partition coefficient (Wildman–Crippen LogP) is 8.80. The summed E-state index contributed by atoms with van der Waals surface area (Å²) in [6.07, 6.45) is 5.08. The number of aryl methyl sites for hydroxylation is 2. The van der Waals surface area contributed by atoms with Gasteiger partial charge in [0.1, 0.15) is 0 Å². The maximum absolute atomic E-state index is 3.40. The molecule has 2 aromatic carbocycles. The van der Waals surface area contributed by atoms with Crippen LogP contribution in [0.2, 0.25) is 9.26 Å². The maximum Gasteiger partial charge on any atom is -0.147 e. The molecule has 0 aliphatic heterocycles. The van der Waals surface area contributed by atoms with Gasteiger partial charge < -0.3 is 0 Å². The first-order chi connectivity index (χ1) is 14.9. The van der Waals surface area contributed by atoms with Gasteiger partial charge in [0, 0.05) is 0 Å². The van der Waals surface area contributed by atoms with E-state index in [0.29, 0.717) is 11.8 Å². The minimum Gasteiger partial charge on any atom is -0.147 e. The van der Waals surface area contributed by atoms with Crippen LogP contribution in [0, 0.1) is 25.7 Å². The zero-order valence-electron chi connectivity index (χ0n) is 22.0. The second kappa shape index (κ2) is 10.2. The van der Waals surface area contributed by atoms with E-state index in [9.17, 15) is 0 Å². The Balaban J connectivity index is 0.00000204. The van der Waals surface area contributed by atoms with Crippen molar-refractivity contribution in [3.05, 3.63) is 101 Å². The van der Waals surface area contributed by atoms with Crippen LogP contribution in [-0.2, 0) is 17.4 Å². The van der Waals surface area contributed by atoms with Gasteiger partial charge in [-0.1, -0.05) is 0 Å². The van der Waals surface area contributed by atoms with Crippen molar-refractivity contribution in [2.24, 2.45) is 11.8 Å². The smallest absolute Gasteiger partial charge is 0.147 e. The van der Waals surface area contributed by atoms with Gasteiger partial charge in [0.2, 0.25) is 0 Å². The van der Waals surface area contributed by atoms with Gasteiger partial charge in [-0.25, -0.2) is 0 Å². The zero-order chi connectivity index (χ0) is 23.4. The van der Waals surface area contributed by atoms with Gasteiger partial charge in [0.25, 0.3) is 0 Å². The fourth-order valence-electron chi connectivity index (χ4n) is 6.95. The molecule has 0 radical (unpaired) electrons. The molecule has 0 saturated carbocycles. The summed E-state index contributed by atoms with van der Waals surface area (Å²) in [5.74, 6) is 1.03. The van der Waals surface area contributed by atoms with Crippen LogP contribution in [0.15, 0.2) is 78.4 Å². The summed E-state index contributed by atoms with van der Waals surface area (Å²) in [6, 6.07) is 18.0. The van der Waals surface area contributed by atoms with E-state index in [1.54, 1.807) is 17.7 Å². The Kier molecular flexibility index (Phi) is 8.81. The van der Waals surface area contributed by atoms with Crippen LogP contribution in [0.3, 0.4) is 0 Å². The standard InChI is InChI=1S/2C14H15.2CH3.2ClH.H2Si.Zr/c2*1-10-5-4-6-13(8-10)14-9-11(2)7-12(14)3;;;;;;/h2*4-6,8-9,11H,1-3H3;2*1H3;2*1H;1H2;. The van der Waals surface area contributed by atoms with E-state index >= 15 is 0 Å². The molecule has 2 aliphatic rings. The first-order valence-electron chi connectivity index (χ1n) is 12.0. The molecule has 0 nitrogen and oxygen atoms in total. The van der Waals surface area contributed by atoms with Crippen molar-refractivity contribution in [3.8, 4) is 0 Å². The molecule has 182 valence electrons. The van der Waals surface area contributed by atoms with Crippen LogP contribution in [0.25, 0.3) is 11.1 Å². The molecule has 0 N–H and O–H groups in total. The average molecular weight is 591 g/mol. The number of allylic oxidation sites excluding steroid dienone is 8. The number of rotatable bonds is 4. The average Bonchev–Trinajstić information content (AvgIpc) is 3.17. The summed E-state index contributed by atoms with van der Waals surface area (Å²) in [5.41, 5.74) is 11.4. The molecule has 0 saturated heterocycles. The summed E-state index contributed by atoms with van der Waals surface area (Å²) in [4.78, 5) is 0. The van der Waals surface area contributed by atoms with Crippen molar-refractivity contribution in [2.75, 3.05) is 0 Å². The van der Waals surface area contributed by atoms with Gasteiger partial charge in [-0.2, -0.15) is 0 Å².